The minimum absolute atomic E-state index is 0. The van der Waals surface area contributed by atoms with Gasteiger partial charge >= 0.3 is 0 Å². The van der Waals surface area contributed by atoms with Gasteiger partial charge in [-0.15, -0.1) is 24.0 Å². The van der Waals surface area contributed by atoms with E-state index in [4.69, 9.17) is 4.74 Å². The van der Waals surface area contributed by atoms with E-state index in [1.807, 2.05) is 13.8 Å². The number of aliphatic imine (C=N–C) groups is 1. The summed E-state index contributed by atoms with van der Waals surface area (Å²) in [6.45, 7) is 5.31. The van der Waals surface area contributed by atoms with Gasteiger partial charge in [0.2, 0.25) is 10.0 Å². The molecular formula is C19H32FIN4O3S. The van der Waals surface area contributed by atoms with Gasteiger partial charge in [0.05, 0.1) is 12.3 Å². The monoisotopic (exact) mass is 542 g/mol. The summed E-state index contributed by atoms with van der Waals surface area (Å²) >= 11 is 0. The van der Waals surface area contributed by atoms with Crippen molar-refractivity contribution in [2.75, 3.05) is 32.4 Å². The van der Waals surface area contributed by atoms with Crippen LogP contribution in [0.4, 0.5) is 4.39 Å². The summed E-state index contributed by atoms with van der Waals surface area (Å²) in [7, 11) is -1.44. The summed E-state index contributed by atoms with van der Waals surface area (Å²) in [5.41, 5.74) is 0. The van der Waals surface area contributed by atoms with E-state index in [2.05, 4.69) is 15.6 Å². The zero-order chi connectivity index (χ0) is 20.6. The summed E-state index contributed by atoms with van der Waals surface area (Å²) < 4.78 is 44.8. The van der Waals surface area contributed by atoms with E-state index in [0.717, 1.165) is 12.8 Å². The van der Waals surface area contributed by atoms with Crippen molar-refractivity contribution in [2.45, 2.75) is 45.3 Å². The molecule has 1 aliphatic rings. The van der Waals surface area contributed by atoms with E-state index in [1.165, 1.54) is 12.1 Å². The first kappa shape index (κ1) is 25.9. The van der Waals surface area contributed by atoms with Crippen LogP contribution >= 0.6 is 24.0 Å². The lowest BCUT2D eigenvalue weighted by Gasteiger charge is -2.32. The van der Waals surface area contributed by atoms with Crippen LogP contribution in [0.25, 0.3) is 0 Å². The maximum absolute atomic E-state index is 13.2. The topological polar surface area (TPSA) is 83.0 Å². The first-order valence-electron chi connectivity index (χ1n) is 9.71. The predicted molar refractivity (Wildman–Crippen MR) is 125 cm³/mol. The molecule has 0 radical (unpaired) electrons. The van der Waals surface area contributed by atoms with Crippen molar-refractivity contribution >= 4 is 40.0 Å². The number of hydrogen-bond acceptors (Lipinski definition) is 4. The van der Waals surface area contributed by atoms with E-state index in [-0.39, 0.29) is 47.7 Å². The third-order valence-electron chi connectivity index (χ3n) is 4.56. The lowest BCUT2D eigenvalue weighted by molar-refractivity contribution is 0.222. The van der Waals surface area contributed by atoms with E-state index in [1.54, 1.807) is 23.5 Å². The normalized spacial score (nSPS) is 17.3. The fraction of sp³-hybridized carbons (Fsp3) is 0.632. The molecule has 1 saturated heterocycles. The number of benzene rings is 1. The molecule has 1 unspecified atom stereocenters. The van der Waals surface area contributed by atoms with Gasteiger partial charge in [-0.25, -0.2) is 17.1 Å². The average molecular weight is 542 g/mol. The summed E-state index contributed by atoms with van der Waals surface area (Å²) in [6.07, 6.45) is 1.92. The Morgan fingerprint density at radius 3 is 2.66 bits per heavy atom. The highest BCUT2D eigenvalue weighted by Gasteiger charge is 2.27. The van der Waals surface area contributed by atoms with Crippen molar-refractivity contribution in [1.82, 2.24) is 14.9 Å². The van der Waals surface area contributed by atoms with E-state index >= 15 is 0 Å². The summed E-state index contributed by atoms with van der Waals surface area (Å²) in [6, 6.07) is 6.22. The summed E-state index contributed by atoms with van der Waals surface area (Å²) in [5.74, 6) is 1.00. The second-order valence-corrected chi connectivity index (χ2v) is 9.06. The highest BCUT2D eigenvalue weighted by Crippen LogP contribution is 2.15. The Morgan fingerprint density at radius 1 is 1.38 bits per heavy atom. The van der Waals surface area contributed by atoms with Crippen LogP contribution in [0.2, 0.25) is 0 Å². The van der Waals surface area contributed by atoms with Crippen LogP contribution in [0.15, 0.2) is 29.3 Å². The van der Waals surface area contributed by atoms with Crippen molar-refractivity contribution in [2.24, 2.45) is 4.99 Å². The molecule has 166 valence electrons. The molecule has 1 aromatic carbocycles. The number of rotatable bonds is 8. The van der Waals surface area contributed by atoms with Crippen molar-refractivity contribution in [3.05, 3.63) is 30.1 Å². The Hall–Kier alpha value is -1.14. The van der Waals surface area contributed by atoms with Crippen LogP contribution in [0.3, 0.4) is 0 Å². The quantitative estimate of drug-likeness (QED) is 0.300. The Bertz CT molecular complexity index is 756. The number of halogens is 2. The van der Waals surface area contributed by atoms with Crippen LogP contribution in [-0.4, -0.2) is 63.3 Å². The lowest BCUT2D eigenvalue weighted by Crippen LogP contribution is -2.51. The zero-order valence-electron chi connectivity index (χ0n) is 17.2. The smallest absolute Gasteiger partial charge is 0.214 e. The fourth-order valence-electron chi connectivity index (χ4n) is 3.11. The number of piperidine rings is 1. The van der Waals surface area contributed by atoms with Crippen LogP contribution in [0.1, 0.15) is 33.1 Å². The Morgan fingerprint density at radius 2 is 2.07 bits per heavy atom. The van der Waals surface area contributed by atoms with Crippen LogP contribution in [-0.2, 0) is 10.0 Å². The SMILES string of the molecule is CCCS(=O)(=O)N1CCC(NC(=NC)NCC(C)Oc2cccc(F)c2)CC1.I. The van der Waals surface area contributed by atoms with Crippen molar-refractivity contribution < 1.29 is 17.5 Å². The molecule has 10 heteroatoms. The molecule has 29 heavy (non-hydrogen) atoms. The van der Waals surface area contributed by atoms with Gasteiger partial charge in [0.1, 0.15) is 17.7 Å². The number of nitrogens with one attached hydrogen (secondary N) is 2. The van der Waals surface area contributed by atoms with Gasteiger partial charge in [-0.3, -0.25) is 4.99 Å². The molecule has 2 rings (SSSR count). The molecule has 1 aromatic rings. The van der Waals surface area contributed by atoms with Gasteiger partial charge in [0, 0.05) is 32.2 Å². The second-order valence-electron chi connectivity index (χ2n) is 6.97. The number of sulfonamides is 1. The molecule has 1 aliphatic heterocycles. The maximum atomic E-state index is 13.2. The van der Waals surface area contributed by atoms with Crippen LogP contribution in [0.5, 0.6) is 5.75 Å². The van der Waals surface area contributed by atoms with Gasteiger partial charge in [-0.1, -0.05) is 13.0 Å². The molecule has 0 saturated carbocycles. The minimum atomic E-state index is -3.13. The average Bonchev–Trinajstić information content (AvgIpc) is 2.65. The van der Waals surface area contributed by atoms with E-state index < -0.39 is 10.0 Å². The van der Waals surface area contributed by atoms with Crippen molar-refractivity contribution in [3.63, 3.8) is 0 Å². The third-order valence-corrected chi connectivity index (χ3v) is 6.64. The van der Waals surface area contributed by atoms with Gasteiger partial charge in [-0.05, 0) is 38.3 Å². The summed E-state index contributed by atoms with van der Waals surface area (Å²) in [4.78, 5) is 4.22. The summed E-state index contributed by atoms with van der Waals surface area (Å²) in [5, 5.41) is 6.54. The second kappa shape index (κ2) is 12.5. The number of hydrogen-bond donors (Lipinski definition) is 2. The molecule has 1 atom stereocenters. The van der Waals surface area contributed by atoms with Gasteiger partial charge in [0.15, 0.2) is 5.96 Å². The standard InChI is InChI=1S/C19H31FN4O3S.HI/c1-4-12-28(25,26)24-10-8-17(9-11-24)23-19(21-3)22-14-15(2)27-18-7-5-6-16(20)13-18;/h5-7,13,15,17H,4,8-12,14H2,1-3H3,(H2,21,22,23);1H. The number of guanidine groups is 1. The lowest BCUT2D eigenvalue weighted by atomic mass is 10.1. The number of nitrogens with zero attached hydrogens (tertiary/aromatic N) is 2. The predicted octanol–water partition coefficient (Wildman–Crippen LogP) is 2.58. The third kappa shape index (κ3) is 8.63. The molecule has 0 bridgehead atoms. The molecule has 0 spiro atoms. The van der Waals surface area contributed by atoms with Crippen molar-refractivity contribution in [3.8, 4) is 5.75 Å². The highest BCUT2D eigenvalue weighted by molar-refractivity contribution is 14.0. The zero-order valence-corrected chi connectivity index (χ0v) is 20.4. The molecule has 0 amide bonds. The molecular weight excluding hydrogens is 510 g/mol. The highest BCUT2D eigenvalue weighted by atomic mass is 127. The molecule has 1 fully saturated rings. The molecule has 1 heterocycles. The largest absolute Gasteiger partial charge is 0.489 e. The fourth-order valence-corrected chi connectivity index (χ4v) is 4.65. The van der Waals surface area contributed by atoms with Gasteiger partial charge in [-0.2, -0.15) is 0 Å². The Balaban J connectivity index is 0.00000420. The van der Waals surface area contributed by atoms with Crippen molar-refractivity contribution in [1.29, 1.82) is 0 Å². The Kier molecular flexibility index (Phi) is 11.2. The van der Waals surface area contributed by atoms with Crippen LogP contribution < -0.4 is 15.4 Å². The van der Waals surface area contributed by atoms with Gasteiger partial charge < -0.3 is 15.4 Å². The molecule has 0 aliphatic carbocycles. The van der Waals surface area contributed by atoms with E-state index in [9.17, 15) is 12.8 Å². The van der Waals surface area contributed by atoms with Crippen LogP contribution in [0, 0.1) is 5.82 Å². The first-order chi connectivity index (χ1) is 13.3. The maximum Gasteiger partial charge on any atom is 0.214 e. The minimum Gasteiger partial charge on any atom is -0.489 e. The van der Waals surface area contributed by atoms with Gasteiger partial charge in [0.25, 0.3) is 0 Å². The number of ether oxygens (including phenoxy) is 1. The first-order valence-corrected chi connectivity index (χ1v) is 11.3. The Labute approximate surface area is 190 Å². The molecule has 0 aromatic heterocycles. The molecule has 7 nitrogen and oxygen atoms in total. The van der Waals surface area contributed by atoms with E-state index in [0.29, 0.717) is 37.8 Å². The molecule has 2 N–H and O–H groups in total.